The minimum atomic E-state index is -0.583. The number of hydrogen-bond acceptors (Lipinski definition) is 5. The largest absolute Gasteiger partial charge is 0.404 e. The fourth-order valence-electron chi connectivity index (χ4n) is 2.33. The molecule has 0 atom stereocenters. The summed E-state index contributed by atoms with van der Waals surface area (Å²) in [4.78, 5) is 22.2. The van der Waals surface area contributed by atoms with E-state index >= 15 is 0 Å². The van der Waals surface area contributed by atoms with Gasteiger partial charge in [0.25, 0.3) is 0 Å². The highest BCUT2D eigenvalue weighted by Gasteiger charge is 2.24. The second-order valence-corrected chi connectivity index (χ2v) is 6.28. The van der Waals surface area contributed by atoms with Gasteiger partial charge in [-0.2, -0.15) is 9.78 Å². The van der Waals surface area contributed by atoms with Gasteiger partial charge in [0.15, 0.2) is 0 Å². The quantitative estimate of drug-likeness (QED) is 0.435. The maximum absolute atomic E-state index is 12.0. The molecule has 130 valence electrons. The van der Waals surface area contributed by atoms with E-state index in [1.54, 1.807) is 6.92 Å². The lowest BCUT2D eigenvalue weighted by molar-refractivity contribution is -0.390. The lowest BCUT2D eigenvalue weighted by Crippen LogP contribution is -2.29. The number of carbonyl (C=O) groups is 1. The van der Waals surface area contributed by atoms with Crippen LogP contribution in [0.15, 0.2) is 10.5 Å². The summed E-state index contributed by atoms with van der Waals surface area (Å²) >= 11 is 3.12. The lowest BCUT2D eigenvalue weighted by Gasteiger charge is -2.06. The molecule has 0 spiro atoms. The molecule has 9 nitrogen and oxygen atoms in total. The van der Waals surface area contributed by atoms with Gasteiger partial charge >= 0.3 is 5.82 Å². The molecule has 1 amide bonds. The molecule has 2 rings (SSSR count). The van der Waals surface area contributed by atoms with Gasteiger partial charge in [-0.15, -0.1) is 0 Å². The van der Waals surface area contributed by atoms with E-state index in [1.165, 1.54) is 4.68 Å². The van der Waals surface area contributed by atoms with Crippen molar-refractivity contribution >= 4 is 27.7 Å². The van der Waals surface area contributed by atoms with Crippen molar-refractivity contribution in [3.63, 3.8) is 0 Å². The van der Waals surface area contributed by atoms with Crippen molar-refractivity contribution in [2.45, 2.75) is 40.3 Å². The fraction of sp³-hybridized carbons (Fsp3) is 0.500. The Morgan fingerprint density at radius 1 is 1.33 bits per heavy atom. The highest BCUT2D eigenvalue weighted by atomic mass is 79.9. The van der Waals surface area contributed by atoms with E-state index in [-0.39, 0.29) is 18.3 Å². The average molecular weight is 399 g/mol. The van der Waals surface area contributed by atoms with E-state index in [0.717, 1.165) is 24.4 Å². The van der Waals surface area contributed by atoms with Crippen LogP contribution in [0.25, 0.3) is 0 Å². The van der Waals surface area contributed by atoms with Crippen LogP contribution in [0.1, 0.15) is 23.5 Å². The van der Waals surface area contributed by atoms with Gasteiger partial charge in [-0.3, -0.25) is 9.48 Å². The standard InChI is InChI=1S/C14H19BrN6O3/c1-9-7-10(2)19(17-9)6-4-5-16-12(22)8-20-11(3)13(15)14(18-20)21(23)24/h7H,4-6,8H2,1-3H3,(H,16,22). The molecule has 0 aliphatic carbocycles. The molecule has 1 N–H and O–H groups in total. The second kappa shape index (κ2) is 7.56. The van der Waals surface area contributed by atoms with Crippen molar-refractivity contribution in [3.05, 3.63) is 37.7 Å². The van der Waals surface area contributed by atoms with E-state index in [9.17, 15) is 14.9 Å². The van der Waals surface area contributed by atoms with Gasteiger partial charge in [0.2, 0.25) is 5.91 Å². The molecule has 0 aromatic carbocycles. The number of amides is 1. The van der Waals surface area contributed by atoms with Crippen LogP contribution in [0, 0.1) is 30.9 Å². The highest BCUT2D eigenvalue weighted by molar-refractivity contribution is 9.10. The summed E-state index contributed by atoms with van der Waals surface area (Å²) in [5, 5.41) is 21.8. The van der Waals surface area contributed by atoms with Crippen LogP contribution in [0.2, 0.25) is 0 Å². The van der Waals surface area contributed by atoms with Gasteiger partial charge in [0.05, 0.1) is 16.5 Å². The van der Waals surface area contributed by atoms with Crippen molar-refractivity contribution in [1.82, 2.24) is 24.9 Å². The van der Waals surface area contributed by atoms with Gasteiger partial charge in [0.1, 0.15) is 11.0 Å². The molecular weight excluding hydrogens is 380 g/mol. The number of nitro groups is 1. The number of aromatic nitrogens is 4. The Balaban J connectivity index is 1.82. The zero-order valence-electron chi connectivity index (χ0n) is 13.7. The number of nitrogens with one attached hydrogen (secondary N) is 1. The predicted molar refractivity (Wildman–Crippen MR) is 90.6 cm³/mol. The fourth-order valence-corrected chi connectivity index (χ4v) is 2.76. The van der Waals surface area contributed by atoms with E-state index in [1.807, 2.05) is 24.6 Å². The predicted octanol–water partition coefficient (Wildman–Crippen LogP) is 1.88. The zero-order chi connectivity index (χ0) is 17.9. The van der Waals surface area contributed by atoms with Crippen LogP contribution in [0.3, 0.4) is 0 Å². The molecule has 0 radical (unpaired) electrons. The van der Waals surface area contributed by atoms with Crippen molar-refractivity contribution in [1.29, 1.82) is 0 Å². The minimum Gasteiger partial charge on any atom is -0.358 e. The molecule has 2 aromatic heterocycles. The third-order valence-corrected chi connectivity index (χ3v) is 4.48. The summed E-state index contributed by atoms with van der Waals surface area (Å²) in [6.07, 6.45) is 0.746. The maximum Gasteiger partial charge on any atom is 0.404 e. The topological polar surface area (TPSA) is 108 Å². The van der Waals surface area contributed by atoms with Crippen molar-refractivity contribution < 1.29 is 9.72 Å². The van der Waals surface area contributed by atoms with E-state index < -0.39 is 4.92 Å². The monoisotopic (exact) mass is 398 g/mol. The molecule has 2 aromatic rings. The van der Waals surface area contributed by atoms with Crippen LogP contribution in [-0.2, 0) is 17.9 Å². The van der Waals surface area contributed by atoms with Crippen molar-refractivity contribution in [2.75, 3.05) is 6.54 Å². The van der Waals surface area contributed by atoms with Crippen molar-refractivity contribution in [2.24, 2.45) is 0 Å². The number of carbonyl (C=O) groups excluding carboxylic acids is 1. The van der Waals surface area contributed by atoms with E-state index in [4.69, 9.17) is 0 Å². The van der Waals surface area contributed by atoms with Gasteiger partial charge in [0, 0.05) is 18.8 Å². The van der Waals surface area contributed by atoms with Gasteiger partial charge in [-0.25, -0.2) is 0 Å². The Morgan fingerprint density at radius 3 is 2.58 bits per heavy atom. The number of nitrogens with zero attached hydrogens (tertiary/aromatic N) is 5. The molecule has 0 bridgehead atoms. The zero-order valence-corrected chi connectivity index (χ0v) is 15.3. The molecule has 0 aliphatic rings. The van der Waals surface area contributed by atoms with Crippen LogP contribution < -0.4 is 5.32 Å². The summed E-state index contributed by atoms with van der Waals surface area (Å²) in [7, 11) is 0. The molecule has 0 saturated heterocycles. The molecule has 0 aliphatic heterocycles. The number of hydrogen-bond donors (Lipinski definition) is 1. The number of rotatable bonds is 7. The van der Waals surface area contributed by atoms with Gasteiger partial charge in [-0.1, -0.05) is 0 Å². The molecule has 2 heterocycles. The Labute approximate surface area is 147 Å². The maximum atomic E-state index is 12.0. The first-order chi connectivity index (χ1) is 11.3. The Kier molecular flexibility index (Phi) is 5.71. The third kappa shape index (κ3) is 4.19. The first-order valence-corrected chi connectivity index (χ1v) is 8.24. The Bertz CT molecular complexity index is 767. The first kappa shape index (κ1) is 18.1. The average Bonchev–Trinajstić information content (AvgIpc) is 2.97. The molecule has 0 fully saturated rings. The van der Waals surface area contributed by atoms with Crippen LogP contribution in [0.5, 0.6) is 0 Å². The molecule has 0 saturated carbocycles. The molecular formula is C14H19BrN6O3. The smallest absolute Gasteiger partial charge is 0.358 e. The third-order valence-electron chi connectivity index (χ3n) is 3.56. The normalized spacial score (nSPS) is 10.8. The van der Waals surface area contributed by atoms with E-state index in [2.05, 4.69) is 31.4 Å². The second-order valence-electron chi connectivity index (χ2n) is 5.49. The minimum absolute atomic E-state index is 0.0574. The highest BCUT2D eigenvalue weighted by Crippen LogP contribution is 2.26. The summed E-state index contributed by atoms with van der Waals surface area (Å²) in [5.74, 6) is -0.527. The Morgan fingerprint density at radius 2 is 2.04 bits per heavy atom. The number of halogens is 1. The summed E-state index contributed by atoms with van der Waals surface area (Å²) in [6, 6.07) is 2.00. The summed E-state index contributed by atoms with van der Waals surface area (Å²) in [5.41, 5.74) is 2.60. The number of aryl methyl sites for hydroxylation is 3. The SMILES string of the molecule is Cc1cc(C)n(CCCNC(=O)Cn2nc([N+](=O)[O-])c(Br)c2C)n1. The van der Waals surface area contributed by atoms with E-state index in [0.29, 0.717) is 16.7 Å². The van der Waals surface area contributed by atoms with Crippen LogP contribution >= 0.6 is 15.9 Å². The Hall–Kier alpha value is -2.23. The molecule has 24 heavy (non-hydrogen) atoms. The molecule has 0 unspecified atom stereocenters. The lowest BCUT2D eigenvalue weighted by atomic mass is 10.3. The molecule has 10 heteroatoms. The van der Waals surface area contributed by atoms with Crippen LogP contribution in [0.4, 0.5) is 5.82 Å². The van der Waals surface area contributed by atoms with Crippen molar-refractivity contribution in [3.8, 4) is 0 Å². The van der Waals surface area contributed by atoms with Crippen LogP contribution in [-0.4, -0.2) is 36.9 Å². The summed E-state index contributed by atoms with van der Waals surface area (Å²) < 4.78 is 3.52. The summed E-state index contributed by atoms with van der Waals surface area (Å²) in [6.45, 7) is 6.76. The first-order valence-electron chi connectivity index (χ1n) is 7.44. The van der Waals surface area contributed by atoms with Gasteiger partial charge in [-0.05, 0) is 54.1 Å². The van der Waals surface area contributed by atoms with Gasteiger partial charge < -0.3 is 15.4 Å².